The first-order valence-corrected chi connectivity index (χ1v) is 5.90. The molecule has 1 rings (SSSR count). The quantitative estimate of drug-likeness (QED) is 0.845. The van der Waals surface area contributed by atoms with Gasteiger partial charge in [-0.2, -0.15) is 0 Å². The van der Waals surface area contributed by atoms with Gasteiger partial charge in [0.1, 0.15) is 0 Å². The van der Waals surface area contributed by atoms with Crippen molar-refractivity contribution in [2.24, 2.45) is 0 Å². The summed E-state index contributed by atoms with van der Waals surface area (Å²) in [6.07, 6.45) is 2.07. The van der Waals surface area contributed by atoms with E-state index in [1.165, 1.54) is 0 Å². The number of carboxylic acid groups (broad SMARTS) is 1. The van der Waals surface area contributed by atoms with E-state index in [4.69, 9.17) is 16.7 Å². The highest BCUT2D eigenvalue weighted by atomic mass is 35.5. The lowest BCUT2D eigenvalue weighted by Crippen LogP contribution is -2.06. The molecular weight excluding hydrogens is 224 g/mol. The highest BCUT2D eigenvalue weighted by molar-refractivity contribution is 6.31. The molecule has 1 atom stereocenters. The molecule has 0 aromatic heterocycles. The second-order valence-corrected chi connectivity index (χ2v) is 4.50. The number of rotatable bonds is 5. The number of benzene rings is 1. The Hall–Kier alpha value is -1.02. The number of hydrogen-bond donors (Lipinski definition) is 1. The van der Waals surface area contributed by atoms with Gasteiger partial charge in [-0.05, 0) is 36.5 Å². The molecule has 3 heteroatoms. The zero-order valence-corrected chi connectivity index (χ0v) is 10.4. The largest absolute Gasteiger partial charge is 0.481 e. The lowest BCUT2D eigenvalue weighted by molar-refractivity contribution is -0.137. The minimum atomic E-state index is -0.744. The maximum atomic E-state index is 10.8. The molecule has 0 heterocycles. The van der Waals surface area contributed by atoms with Gasteiger partial charge in [-0.3, -0.25) is 4.79 Å². The smallest absolute Gasteiger partial charge is 0.303 e. The second-order valence-electron chi connectivity index (χ2n) is 4.09. The summed E-state index contributed by atoms with van der Waals surface area (Å²) in [5, 5.41) is 9.60. The van der Waals surface area contributed by atoms with Gasteiger partial charge >= 0.3 is 5.97 Å². The van der Waals surface area contributed by atoms with Crippen molar-refractivity contribution >= 4 is 17.6 Å². The van der Waals surface area contributed by atoms with Gasteiger partial charge in [0.15, 0.2) is 0 Å². The van der Waals surface area contributed by atoms with Gasteiger partial charge in [0, 0.05) is 5.02 Å². The Morgan fingerprint density at radius 3 is 2.69 bits per heavy atom. The van der Waals surface area contributed by atoms with Crippen LogP contribution in [0.3, 0.4) is 0 Å². The van der Waals surface area contributed by atoms with Crippen LogP contribution in [-0.2, 0) is 4.79 Å². The topological polar surface area (TPSA) is 37.3 Å². The predicted octanol–water partition coefficient (Wildman–Crippen LogP) is 4.01. The van der Waals surface area contributed by atoms with E-state index in [0.717, 1.165) is 29.0 Å². The molecule has 1 aromatic rings. The molecule has 0 saturated heterocycles. The number of carboxylic acids is 1. The van der Waals surface area contributed by atoms with Crippen LogP contribution in [0.2, 0.25) is 5.02 Å². The van der Waals surface area contributed by atoms with Gasteiger partial charge in [-0.15, -0.1) is 0 Å². The van der Waals surface area contributed by atoms with Crippen molar-refractivity contribution in [3.8, 4) is 0 Å². The average Bonchev–Trinajstić information content (AvgIpc) is 2.21. The van der Waals surface area contributed by atoms with E-state index in [1.807, 2.05) is 25.1 Å². The molecule has 1 N–H and O–H groups in total. The Morgan fingerprint density at radius 1 is 1.50 bits per heavy atom. The monoisotopic (exact) mass is 240 g/mol. The number of hydrogen-bond acceptors (Lipinski definition) is 1. The molecule has 0 spiro atoms. The average molecular weight is 241 g/mol. The maximum absolute atomic E-state index is 10.8. The van der Waals surface area contributed by atoms with E-state index in [9.17, 15) is 4.79 Å². The van der Waals surface area contributed by atoms with Crippen molar-refractivity contribution in [3.63, 3.8) is 0 Å². The van der Waals surface area contributed by atoms with Crippen LogP contribution in [0, 0.1) is 6.92 Å². The molecule has 0 fully saturated rings. The number of aryl methyl sites for hydroxylation is 1. The summed E-state index contributed by atoms with van der Waals surface area (Å²) in [7, 11) is 0. The van der Waals surface area contributed by atoms with Crippen molar-refractivity contribution in [3.05, 3.63) is 34.3 Å². The zero-order chi connectivity index (χ0) is 12.1. The standard InChI is InChI=1S/C13H17ClO2/c1-3-4-10(8-13(15)16)11-5-6-12(14)9(2)7-11/h5-7,10H,3-4,8H2,1-2H3,(H,15,16). The fraction of sp³-hybridized carbons (Fsp3) is 0.462. The Bertz CT molecular complexity index is 374. The van der Waals surface area contributed by atoms with Crippen LogP contribution in [-0.4, -0.2) is 11.1 Å². The second kappa shape index (κ2) is 5.90. The van der Waals surface area contributed by atoms with Crippen LogP contribution < -0.4 is 0 Å². The van der Waals surface area contributed by atoms with Crippen LogP contribution in [0.5, 0.6) is 0 Å². The Balaban J connectivity index is 2.91. The molecule has 0 aliphatic rings. The van der Waals surface area contributed by atoms with E-state index >= 15 is 0 Å². The number of carbonyl (C=O) groups is 1. The molecule has 16 heavy (non-hydrogen) atoms. The van der Waals surface area contributed by atoms with Crippen molar-refractivity contribution in [2.75, 3.05) is 0 Å². The van der Waals surface area contributed by atoms with Gasteiger partial charge in [-0.1, -0.05) is 37.1 Å². The molecule has 0 radical (unpaired) electrons. The first-order valence-electron chi connectivity index (χ1n) is 5.52. The third-order valence-corrected chi connectivity index (χ3v) is 3.14. The minimum absolute atomic E-state index is 0.0958. The van der Waals surface area contributed by atoms with Crippen molar-refractivity contribution in [1.82, 2.24) is 0 Å². The van der Waals surface area contributed by atoms with E-state index in [-0.39, 0.29) is 12.3 Å². The number of aliphatic carboxylic acids is 1. The summed E-state index contributed by atoms with van der Waals surface area (Å²) in [5.41, 5.74) is 2.08. The molecule has 2 nitrogen and oxygen atoms in total. The van der Waals surface area contributed by atoms with E-state index < -0.39 is 5.97 Å². The summed E-state index contributed by atoms with van der Waals surface area (Å²) in [5.74, 6) is -0.649. The molecule has 88 valence electrons. The third-order valence-electron chi connectivity index (χ3n) is 2.71. The molecule has 0 aliphatic carbocycles. The Morgan fingerprint density at radius 2 is 2.19 bits per heavy atom. The first kappa shape index (κ1) is 13.0. The summed E-state index contributed by atoms with van der Waals surface area (Å²) < 4.78 is 0. The maximum Gasteiger partial charge on any atom is 0.303 e. The predicted molar refractivity (Wildman–Crippen MR) is 66.1 cm³/mol. The molecule has 0 amide bonds. The molecular formula is C13H17ClO2. The molecule has 1 aromatic carbocycles. The summed E-state index contributed by atoms with van der Waals surface area (Å²) in [6, 6.07) is 5.76. The highest BCUT2D eigenvalue weighted by Gasteiger charge is 2.15. The first-order chi connectivity index (χ1) is 7.54. The van der Waals surface area contributed by atoms with Crippen molar-refractivity contribution in [2.45, 2.75) is 39.0 Å². The van der Waals surface area contributed by atoms with Gasteiger partial charge < -0.3 is 5.11 Å². The fourth-order valence-corrected chi connectivity index (χ4v) is 1.99. The SMILES string of the molecule is CCCC(CC(=O)O)c1ccc(Cl)c(C)c1. The van der Waals surface area contributed by atoms with E-state index in [0.29, 0.717) is 0 Å². The lowest BCUT2D eigenvalue weighted by atomic mass is 9.90. The van der Waals surface area contributed by atoms with Crippen LogP contribution in [0.4, 0.5) is 0 Å². The van der Waals surface area contributed by atoms with Crippen molar-refractivity contribution < 1.29 is 9.90 Å². The third kappa shape index (κ3) is 3.53. The molecule has 0 bridgehead atoms. The molecule has 0 aliphatic heterocycles. The lowest BCUT2D eigenvalue weighted by Gasteiger charge is -2.15. The molecule has 0 saturated carbocycles. The van der Waals surface area contributed by atoms with Crippen LogP contribution in [0.25, 0.3) is 0 Å². The van der Waals surface area contributed by atoms with Gasteiger partial charge in [0.25, 0.3) is 0 Å². The van der Waals surface area contributed by atoms with E-state index in [1.54, 1.807) is 0 Å². The van der Waals surface area contributed by atoms with Gasteiger partial charge in [0.05, 0.1) is 6.42 Å². The van der Waals surface area contributed by atoms with Gasteiger partial charge in [0.2, 0.25) is 0 Å². The van der Waals surface area contributed by atoms with E-state index in [2.05, 4.69) is 6.92 Å². The summed E-state index contributed by atoms with van der Waals surface area (Å²) >= 11 is 5.95. The Labute approximate surface area is 101 Å². The van der Waals surface area contributed by atoms with Crippen LogP contribution >= 0.6 is 11.6 Å². The Kier molecular flexibility index (Phi) is 4.81. The van der Waals surface area contributed by atoms with Crippen LogP contribution in [0.1, 0.15) is 43.2 Å². The number of halogens is 1. The van der Waals surface area contributed by atoms with Crippen molar-refractivity contribution in [1.29, 1.82) is 0 Å². The normalized spacial score (nSPS) is 12.4. The zero-order valence-electron chi connectivity index (χ0n) is 9.66. The summed E-state index contributed by atoms with van der Waals surface area (Å²) in [6.45, 7) is 4.01. The fourth-order valence-electron chi connectivity index (χ4n) is 1.87. The highest BCUT2D eigenvalue weighted by Crippen LogP contribution is 2.28. The molecule has 1 unspecified atom stereocenters. The summed E-state index contributed by atoms with van der Waals surface area (Å²) in [4.78, 5) is 10.8. The van der Waals surface area contributed by atoms with Crippen LogP contribution in [0.15, 0.2) is 18.2 Å². The minimum Gasteiger partial charge on any atom is -0.481 e. The van der Waals surface area contributed by atoms with Gasteiger partial charge in [-0.25, -0.2) is 0 Å².